The lowest BCUT2D eigenvalue weighted by atomic mass is 10.5. The van der Waals surface area contributed by atoms with Gasteiger partial charge in [0.1, 0.15) is 0 Å². The molecule has 11 heavy (non-hydrogen) atoms. The second-order valence-electron chi connectivity index (χ2n) is 2.69. The second kappa shape index (κ2) is 2.34. The highest BCUT2D eigenvalue weighted by atomic mass is 35.5. The second-order valence-corrected chi connectivity index (χ2v) is 3.12. The molecular formula is C7H7ClN2O. The minimum atomic E-state index is -0.0972. The topological polar surface area (TPSA) is 34.9 Å². The van der Waals surface area contributed by atoms with E-state index in [9.17, 15) is 4.79 Å². The van der Waals surface area contributed by atoms with Crippen LogP contribution in [0.5, 0.6) is 0 Å². The van der Waals surface area contributed by atoms with E-state index >= 15 is 0 Å². The van der Waals surface area contributed by atoms with Crippen LogP contribution in [-0.2, 0) is 0 Å². The lowest BCUT2D eigenvalue weighted by Crippen LogP contribution is -2.20. The van der Waals surface area contributed by atoms with Crippen molar-refractivity contribution in [1.82, 2.24) is 9.78 Å². The van der Waals surface area contributed by atoms with Gasteiger partial charge in [0, 0.05) is 6.07 Å². The predicted octanol–water partition coefficient (Wildman–Crippen LogP) is 1.23. The molecule has 0 radical (unpaired) electrons. The molecule has 3 nitrogen and oxygen atoms in total. The van der Waals surface area contributed by atoms with Gasteiger partial charge in [-0.1, -0.05) is 11.6 Å². The number of nitrogens with zero attached hydrogens (tertiary/aromatic N) is 2. The van der Waals surface area contributed by atoms with Crippen molar-refractivity contribution in [2.24, 2.45) is 0 Å². The van der Waals surface area contributed by atoms with E-state index in [4.69, 9.17) is 11.6 Å². The van der Waals surface area contributed by atoms with Gasteiger partial charge < -0.3 is 0 Å². The third kappa shape index (κ3) is 1.28. The zero-order chi connectivity index (χ0) is 7.84. The van der Waals surface area contributed by atoms with E-state index in [1.165, 1.54) is 16.9 Å². The average molecular weight is 171 g/mol. The van der Waals surface area contributed by atoms with Gasteiger partial charge in [-0.05, 0) is 12.8 Å². The molecule has 1 aromatic heterocycles. The van der Waals surface area contributed by atoms with Crippen LogP contribution < -0.4 is 5.56 Å². The Morgan fingerprint density at radius 3 is 2.91 bits per heavy atom. The Morgan fingerprint density at radius 1 is 1.64 bits per heavy atom. The molecule has 1 fully saturated rings. The Morgan fingerprint density at radius 2 is 2.36 bits per heavy atom. The Kier molecular flexibility index (Phi) is 1.46. The van der Waals surface area contributed by atoms with Gasteiger partial charge >= 0.3 is 0 Å². The maximum absolute atomic E-state index is 11.1. The molecule has 0 spiro atoms. The summed E-state index contributed by atoms with van der Waals surface area (Å²) in [4.78, 5) is 11.1. The van der Waals surface area contributed by atoms with E-state index in [2.05, 4.69) is 5.10 Å². The van der Waals surface area contributed by atoms with E-state index in [1.807, 2.05) is 0 Å². The number of aromatic nitrogens is 2. The number of hydrogen-bond acceptors (Lipinski definition) is 2. The normalized spacial score (nSPS) is 16.8. The molecule has 0 aromatic carbocycles. The maximum atomic E-state index is 11.1. The van der Waals surface area contributed by atoms with Crippen molar-refractivity contribution in [1.29, 1.82) is 0 Å². The van der Waals surface area contributed by atoms with Crippen molar-refractivity contribution in [3.63, 3.8) is 0 Å². The Balaban J connectivity index is 2.48. The molecule has 0 amide bonds. The fraction of sp³-hybridized carbons (Fsp3) is 0.429. The maximum Gasteiger partial charge on any atom is 0.268 e. The van der Waals surface area contributed by atoms with Crippen LogP contribution in [0.25, 0.3) is 0 Å². The molecule has 0 aliphatic heterocycles. The number of rotatable bonds is 1. The van der Waals surface area contributed by atoms with Crippen LogP contribution in [0.2, 0.25) is 5.02 Å². The van der Waals surface area contributed by atoms with Gasteiger partial charge in [0.05, 0.1) is 17.3 Å². The van der Waals surface area contributed by atoms with Gasteiger partial charge in [-0.15, -0.1) is 0 Å². The lowest BCUT2D eigenvalue weighted by molar-refractivity contribution is 0.599. The molecule has 1 aliphatic rings. The number of halogens is 1. The fourth-order valence-corrected chi connectivity index (χ4v) is 1.13. The van der Waals surface area contributed by atoms with Crippen LogP contribution in [0.1, 0.15) is 18.9 Å². The summed E-state index contributed by atoms with van der Waals surface area (Å²) in [6, 6.07) is 1.73. The highest BCUT2D eigenvalue weighted by Gasteiger charge is 2.25. The van der Waals surface area contributed by atoms with Gasteiger partial charge in [0.2, 0.25) is 0 Å². The first-order valence-electron chi connectivity index (χ1n) is 3.52. The summed E-state index contributed by atoms with van der Waals surface area (Å²) in [5, 5.41) is 4.32. The van der Waals surface area contributed by atoms with Gasteiger partial charge in [0.15, 0.2) is 0 Å². The SMILES string of the molecule is O=c1cc(Cl)cnn1C1CC1. The van der Waals surface area contributed by atoms with Gasteiger partial charge in [-0.2, -0.15) is 5.10 Å². The number of hydrogen-bond donors (Lipinski definition) is 0. The highest BCUT2D eigenvalue weighted by molar-refractivity contribution is 6.30. The van der Waals surface area contributed by atoms with Crippen LogP contribution >= 0.6 is 11.6 Å². The molecular weight excluding hydrogens is 164 g/mol. The van der Waals surface area contributed by atoms with Gasteiger partial charge in [-0.25, -0.2) is 4.68 Å². The Hall–Kier alpha value is -0.830. The van der Waals surface area contributed by atoms with Crippen LogP contribution in [0.15, 0.2) is 17.1 Å². The Bertz CT molecular complexity index is 329. The monoisotopic (exact) mass is 170 g/mol. The average Bonchev–Trinajstić information content (AvgIpc) is 2.70. The first-order chi connectivity index (χ1) is 5.27. The molecule has 0 saturated heterocycles. The van der Waals surface area contributed by atoms with E-state index in [0.29, 0.717) is 11.1 Å². The van der Waals surface area contributed by atoms with Crippen LogP contribution in [0, 0.1) is 0 Å². The van der Waals surface area contributed by atoms with Crippen molar-refractivity contribution in [3.05, 3.63) is 27.6 Å². The summed E-state index contributed by atoms with van der Waals surface area (Å²) >= 11 is 5.57. The minimum Gasteiger partial charge on any atom is -0.268 e. The zero-order valence-electron chi connectivity index (χ0n) is 5.83. The quantitative estimate of drug-likeness (QED) is 0.636. The third-order valence-electron chi connectivity index (χ3n) is 1.69. The molecule has 0 atom stereocenters. The summed E-state index contributed by atoms with van der Waals surface area (Å²) in [7, 11) is 0. The van der Waals surface area contributed by atoms with Crippen molar-refractivity contribution in [2.75, 3.05) is 0 Å². The smallest absolute Gasteiger partial charge is 0.268 e. The van der Waals surface area contributed by atoms with Crippen LogP contribution in [-0.4, -0.2) is 9.78 Å². The standard InChI is InChI=1S/C7H7ClN2O/c8-5-3-7(11)10(9-4-5)6-1-2-6/h3-4,6H,1-2H2. The minimum absolute atomic E-state index is 0.0972. The van der Waals surface area contributed by atoms with E-state index in [-0.39, 0.29) is 5.56 Å². The molecule has 1 saturated carbocycles. The Labute approximate surface area is 68.6 Å². The van der Waals surface area contributed by atoms with Gasteiger partial charge in [0.25, 0.3) is 5.56 Å². The molecule has 2 rings (SSSR count). The van der Waals surface area contributed by atoms with Crippen molar-refractivity contribution in [2.45, 2.75) is 18.9 Å². The lowest BCUT2D eigenvalue weighted by Gasteiger charge is -1.98. The summed E-state index contributed by atoms with van der Waals surface area (Å²) in [6.07, 6.45) is 3.63. The van der Waals surface area contributed by atoms with Crippen molar-refractivity contribution in [3.8, 4) is 0 Å². The van der Waals surface area contributed by atoms with Gasteiger partial charge in [-0.3, -0.25) is 4.79 Å². The first kappa shape index (κ1) is 6.85. The molecule has 0 N–H and O–H groups in total. The first-order valence-corrected chi connectivity index (χ1v) is 3.89. The van der Waals surface area contributed by atoms with Crippen molar-refractivity contribution >= 4 is 11.6 Å². The summed E-state index contributed by atoms with van der Waals surface area (Å²) in [6.45, 7) is 0. The van der Waals surface area contributed by atoms with E-state index < -0.39 is 0 Å². The molecule has 1 aromatic rings. The summed E-state index contributed by atoms with van der Waals surface area (Å²) in [5.41, 5.74) is -0.0972. The fourth-order valence-electron chi connectivity index (χ4n) is 0.989. The summed E-state index contributed by atoms with van der Waals surface area (Å²) in [5.74, 6) is 0. The molecule has 0 unspecified atom stereocenters. The molecule has 1 heterocycles. The highest BCUT2D eigenvalue weighted by Crippen LogP contribution is 2.32. The molecule has 58 valence electrons. The largest absolute Gasteiger partial charge is 0.268 e. The molecule has 4 heteroatoms. The van der Waals surface area contributed by atoms with Crippen LogP contribution in [0.3, 0.4) is 0 Å². The molecule has 0 bridgehead atoms. The van der Waals surface area contributed by atoms with E-state index in [0.717, 1.165) is 12.8 Å². The third-order valence-corrected chi connectivity index (χ3v) is 1.89. The summed E-state index contributed by atoms with van der Waals surface area (Å²) < 4.78 is 1.49. The zero-order valence-corrected chi connectivity index (χ0v) is 6.58. The van der Waals surface area contributed by atoms with Crippen LogP contribution in [0.4, 0.5) is 0 Å². The molecule has 1 aliphatic carbocycles. The predicted molar refractivity (Wildman–Crippen MR) is 41.8 cm³/mol. The van der Waals surface area contributed by atoms with E-state index in [1.54, 1.807) is 0 Å². The van der Waals surface area contributed by atoms with Crippen molar-refractivity contribution < 1.29 is 0 Å².